The second-order valence-corrected chi connectivity index (χ2v) is 5.46. The molecule has 0 aliphatic carbocycles. The monoisotopic (exact) mass is 354 g/mol. The Morgan fingerprint density at radius 2 is 1.38 bits per heavy atom. The summed E-state index contributed by atoms with van der Waals surface area (Å²) in [5, 5.41) is 44.9. The fraction of sp³-hybridized carbons (Fsp3) is 0. The third-order valence-corrected chi connectivity index (χ3v) is 3.92. The number of phenols is 4. The Morgan fingerprint density at radius 3 is 2.04 bits per heavy atom. The molecule has 0 bridgehead atoms. The Balaban J connectivity index is 2.46. The Labute approximate surface area is 146 Å². The minimum absolute atomic E-state index is 0.217. The summed E-state index contributed by atoms with van der Waals surface area (Å²) in [7, 11) is 0. The Bertz CT molecular complexity index is 1030. The van der Waals surface area contributed by atoms with Crippen LogP contribution in [0.3, 0.4) is 0 Å². The van der Waals surface area contributed by atoms with Gasteiger partial charge in [-0.3, -0.25) is 9.59 Å². The van der Waals surface area contributed by atoms with Gasteiger partial charge in [0.1, 0.15) is 0 Å². The van der Waals surface area contributed by atoms with Crippen LogP contribution in [-0.4, -0.2) is 33.2 Å². The van der Waals surface area contributed by atoms with Crippen LogP contribution in [0.1, 0.15) is 0 Å². The number of carbonyl (C=O) groups is 2. The van der Waals surface area contributed by atoms with Gasteiger partial charge in [-0.1, -0.05) is 6.07 Å². The SMILES string of the molecule is O=CNc1cc2cc(O)c(O)cc2c(-c2ccc(O)c(O)c2)c1NC=O. The van der Waals surface area contributed by atoms with Crippen LogP contribution in [0.5, 0.6) is 23.0 Å². The van der Waals surface area contributed by atoms with Crippen molar-refractivity contribution in [2.45, 2.75) is 0 Å². The first-order valence-electron chi connectivity index (χ1n) is 7.41. The zero-order valence-corrected chi connectivity index (χ0v) is 13.2. The van der Waals surface area contributed by atoms with Crippen molar-refractivity contribution in [1.82, 2.24) is 0 Å². The van der Waals surface area contributed by atoms with Gasteiger partial charge < -0.3 is 31.1 Å². The first-order valence-corrected chi connectivity index (χ1v) is 7.41. The number of aromatic hydroxyl groups is 4. The number of amides is 2. The largest absolute Gasteiger partial charge is 0.504 e. The van der Waals surface area contributed by atoms with Crippen molar-refractivity contribution in [3.05, 3.63) is 36.4 Å². The smallest absolute Gasteiger partial charge is 0.211 e. The summed E-state index contributed by atoms with van der Waals surface area (Å²) < 4.78 is 0. The van der Waals surface area contributed by atoms with Gasteiger partial charge in [-0.05, 0) is 46.7 Å². The molecule has 8 heteroatoms. The fourth-order valence-electron chi connectivity index (χ4n) is 2.79. The van der Waals surface area contributed by atoms with E-state index in [4.69, 9.17) is 0 Å². The highest BCUT2D eigenvalue weighted by Crippen LogP contribution is 2.45. The number of nitrogens with one attached hydrogen (secondary N) is 2. The zero-order chi connectivity index (χ0) is 18.8. The average Bonchev–Trinajstić information content (AvgIpc) is 2.60. The van der Waals surface area contributed by atoms with Gasteiger partial charge in [-0.15, -0.1) is 0 Å². The summed E-state index contributed by atoms with van der Waals surface area (Å²) in [5.41, 5.74) is 1.22. The van der Waals surface area contributed by atoms with Crippen molar-refractivity contribution in [2.24, 2.45) is 0 Å². The summed E-state index contributed by atoms with van der Waals surface area (Å²) in [5.74, 6) is -1.45. The second-order valence-electron chi connectivity index (χ2n) is 5.46. The van der Waals surface area contributed by atoms with Crippen molar-refractivity contribution in [3.8, 4) is 34.1 Å². The molecule has 0 fully saturated rings. The molecule has 0 aromatic heterocycles. The maximum Gasteiger partial charge on any atom is 0.211 e. The standard InChI is InChI=1S/C18H14N2O6/c21-7-19-12-3-10-5-15(25)16(26)6-11(10)17(18(12)20-8-22)9-1-2-13(23)14(24)4-9/h1-8,23-26H,(H,19,21)(H,20,22). The van der Waals surface area contributed by atoms with E-state index in [0.717, 1.165) is 0 Å². The molecule has 0 unspecified atom stereocenters. The molecule has 0 aliphatic heterocycles. The molecule has 8 nitrogen and oxygen atoms in total. The van der Waals surface area contributed by atoms with Crippen molar-refractivity contribution >= 4 is 35.0 Å². The quantitative estimate of drug-likeness (QED) is 0.307. The van der Waals surface area contributed by atoms with Gasteiger partial charge in [0.05, 0.1) is 11.4 Å². The number of phenolic OH excluding ortho intramolecular Hbond substituents is 4. The predicted molar refractivity (Wildman–Crippen MR) is 95.4 cm³/mol. The second kappa shape index (κ2) is 6.52. The van der Waals surface area contributed by atoms with E-state index >= 15 is 0 Å². The highest BCUT2D eigenvalue weighted by Gasteiger charge is 2.18. The summed E-state index contributed by atoms with van der Waals surface area (Å²) in [6, 6.07) is 8.14. The van der Waals surface area contributed by atoms with E-state index in [2.05, 4.69) is 10.6 Å². The lowest BCUT2D eigenvalue weighted by molar-refractivity contribution is -0.106. The van der Waals surface area contributed by atoms with Gasteiger partial charge >= 0.3 is 0 Å². The van der Waals surface area contributed by atoms with Gasteiger partial charge in [0.2, 0.25) is 12.8 Å². The number of hydrogen-bond acceptors (Lipinski definition) is 6. The maximum atomic E-state index is 11.1. The van der Waals surface area contributed by atoms with E-state index in [0.29, 0.717) is 34.7 Å². The minimum Gasteiger partial charge on any atom is -0.504 e. The predicted octanol–water partition coefficient (Wildman–Crippen LogP) is 2.47. The van der Waals surface area contributed by atoms with E-state index in [-0.39, 0.29) is 34.4 Å². The van der Waals surface area contributed by atoms with Gasteiger partial charge in [-0.2, -0.15) is 0 Å². The Hall–Kier alpha value is -3.94. The van der Waals surface area contributed by atoms with Crippen LogP contribution in [0.2, 0.25) is 0 Å². The lowest BCUT2D eigenvalue weighted by atomic mass is 9.94. The molecular formula is C18H14N2O6. The molecular weight excluding hydrogens is 340 g/mol. The third-order valence-electron chi connectivity index (χ3n) is 3.92. The topological polar surface area (TPSA) is 139 Å². The lowest BCUT2D eigenvalue weighted by Gasteiger charge is -2.18. The number of rotatable bonds is 5. The van der Waals surface area contributed by atoms with Gasteiger partial charge in [0.15, 0.2) is 23.0 Å². The average molecular weight is 354 g/mol. The molecule has 3 aromatic rings. The molecule has 3 rings (SSSR count). The third kappa shape index (κ3) is 2.80. The number of benzene rings is 3. The van der Waals surface area contributed by atoms with E-state index < -0.39 is 0 Å². The van der Waals surface area contributed by atoms with Crippen molar-refractivity contribution < 1.29 is 30.0 Å². The molecule has 0 spiro atoms. The number of anilines is 2. The molecule has 0 saturated carbocycles. The first-order chi connectivity index (χ1) is 12.5. The highest BCUT2D eigenvalue weighted by molar-refractivity contribution is 6.11. The van der Waals surface area contributed by atoms with Crippen LogP contribution >= 0.6 is 0 Å². The number of fused-ring (bicyclic) bond motifs is 1. The highest BCUT2D eigenvalue weighted by atomic mass is 16.3. The van der Waals surface area contributed by atoms with E-state index in [1.54, 1.807) is 0 Å². The Morgan fingerprint density at radius 1 is 0.731 bits per heavy atom. The summed E-state index contributed by atoms with van der Waals surface area (Å²) >= 11 is 0. The van der Waals surface area contributed by atoms with E-state index in [1.807, 2.05) is 0 Å². The van der Waals surface area contributed by atoms with Crippen LogP contribution < -0.4 is 10.6 Å². The molecule has 0 aliphatic rings. The molecule has 0 saturated heterocycles. The Kier molecular flexibility index (Phi) is 4.24. The van der Waals surface area contributed by atoms with Crippen LogP contribution in [-0.2, 0) is 9.59 Å². The van der Waals surface area contributed by atoms with E-state index in [9.17, 15) is 30.0 Å². The molecule has 0 atom stereocenters. The van der Waals surface area contributed by atoms with Crippen LogP contribution in [0, 0.1) is 0 Å². The van der Waals surface area contributed by atoms with Gasteiger partial charge in [-0.25, -0.2) is 0 Å². The summed E-state index contributed by atoms with van der Waals surface area (Å²) in [6.45, 7) is 0. The van der Waals surface area contributed by atoms with Gasteiger partial charge in [0, 0.05) is 5.56 Å². The van der Waals surface area contributed by atoms with Crippen molar-refractivity contribution in [2.75, 3.05) is 10.6 Å². The molecule has 0 heterocycles. The van der Waals surface area contributed by atoms with E-state index in [1.165, 1.54) is 36.4 Å². The number of hydrogen-bond donors (Lipinski definition) is 6. The fourth-order valence-corrected chi connectivity index (χ4v) is 2.79. The molecule has 26 heavy (non-hydrogen) atoms. The number of carbonyl (C=O) groups excluding carboxylic acids is 2. The summed E-state index contributed by atoms with van der Waals surface area (Å²) in [4.78, 5) is 22.0. The molecule has 0 radical (unpaired) electrons. The first kappa shape index (κ1) is 16.9. The molecule has 132 valence electrons. The molecule has 2 amide bonds. The molecule has 3 aromatic carbocycles. The van der Waals surface area contributed by atoms with Crippen LogP contribution in [0.4, 0.5) is 11.4 Å². The summed E-state index contributed by atoms with van der Waals surface area (Å²) in [6.07, 6.45) is 0.844. The van der Waals surface area contributed by atoms with Crippen molar-refractivity contribution in [3.63, 3.8) is 0 Å². The maximum absolute atomic E-state index is 11.1. The normalized spacial score (nSPS) is 10.5. The zero-order valence-electron chi connectivity index (χ0n) is 13.2. The lowest BCUT2D eigenvalue weighted by Crippen LogP contribution is -2.04. The van der Waals surface area contributed by atoms with Crippen molar-refractivity contribution in [1.29, 1.82) is 0 Å². The van der Waals surface area contributed by atoms with Crippen LogP contribution in [0.15, 0.2) is 36.4 Å². The minimum atomic E-state index is -0.385. The van der Waals surface area contributed by atoms with Crippen LogP contribution in [0.25, 0.3) is 21.9 Å². The molecule has 6 N–H and O–H groups in total. The van der Waals surface area contributed by atoms with Gasteiger partial charge in [0.25, 0.3) is 0 Å².